The van der Waals surface area contributed by atoms with Crippen LogP contribution in [0.25, 0.3) is 21.8 Å². The molecule has 106 valence electrons. The van der Waals surface area contributed by atoms with E-state index in [9.17, 15) is 0 Å². The van der Waals surface area contributed by atoms with E-state index in [0.29, 0.717) is 0 Å². The Morgan fingerprint density at radius 2 is 1.05 bits per heavy atom. The predicted molar refractivity (Wildman–Crippen MR) is 89.9 cm³/mol. The first-order chi connectivity index (χ1) is 10.9. The van der Waals surface area contributed by atoms with Gasteiger partial charge in [0.25, 0.3) is 0 Å². The molecule has 0 aliphatic heterocycles. The van der Waals surface area contributed by atoms with Gasteiger partial charge in [0.15, 0.2) is 0 Å². The number of benzene rings is 2. The minimum absolute atomic E-state index is 0.194. The molecule has 0 fully saturated rings. The van der Waals surface area contributed by atoms with Crippen molar-refractivity contribution in [2.75, 3.05) is 0 Å². The van der Waals surface area contributed by atoms with Crippen LogP contribution in [-0.2, 0) is 0 Å². The molecule has 2 aromatic carbocycles. The van der Waals surface area contributed by atoms with Gasteiger partial charge in [-0.1, -0.05) is 0 Å². The van der Waals surface area contributed by atoms with Crippen molar-refractivity contribution < 1.29 is 0 Å². The van der Waals surface area contributed by atoms with Crippen LogP contribution in [0.3, 0.4) is 0 Å². The molecule has 0 bridgehead atoms. The molecular weight excluding hydrogens is 406 g/mol. The predicted octanol–water partition coefficient (Wildman–Crippen LogP) is 0.847. The number of fused-ring (bicyclic) bond motifs is 2. The van der Waals surface area contributed by atoms with Gasteiger partial charge in [-0.25, -0.2) is 0 Å². The molecule has 0 unspecified atom stereocenters. The second-order valence-corrected chi connectivity index (χ2v) is 10.5. The van der Waals surface area contributed by atoms with Gasteiger partial charge < -0.3 is 0 Å². The second kappa shape index (κ2) is 6.11. The van der Waals surface area contributed by atoms with E-state index < -0.39 is 0 Å². The van der Waals surface area contributed by atoms with Gasteiger partial charge in [-0.05, 0) is 0 Å². The summed E-state index contributed by atoms with van der Waals surface area (Å²) >= 11 is 0.388. The molecule has 4 nitrogen and oxygen atoms in total. The summed E-state index contributed by atoms with van der Waals surface area (Å²) in [6.07, 6.45) is 3.80. The number of hydrogen-bond acceptors (Lipinski definition) is 4. The third-order valence-electron chi connectivity index (χ3n) is 3.12. The van der Waals surface area contributed by atoms with Crippen LogP contribution >= 0.6 is 0 Å². The van der Waals surface area contributed by atoms with Gasteiger partial charge in [0, 0.05) is 0 Å². The SMILES string of the molecule is c1ccc2nc([Se][Se]c3ncc4ccccc4n3)ncc2c1. The molecular formula is C16H10N4Se2. The molecule has 6 heteroatoms. The van der Waals surface area contributed by atoms with Crippen LogP contribution in [-0.4, -0.2) is 46.2 Å². The van der Waals surface area contributed by atoms with Crippen molar-refractivity contribution in [3.63, 3.8) is 0 Å². The first-order valence-corrected chi connectivity index (χ1v) is 12.7. The Morgan fingerprint density at radius 3 is 1.55 bits per heavy atom. The summed E-state index contributed by atoms with van der Waals surface area (Å²) in [5.41, 5.74) is 2.01. The molecule has 0 spiro atoms. The van der Waals surface area contributed by atoms with Gasteiger partial charge in [0.05, 0.1) is 0 Å². The molecule has 4 rings (SSSR count). The Bertz CT molecular complexity index is 879. The standard InChI is InChI=1S/C16H10N4Se2/c1-3-7-13-11(5-1)9-17-15(19-13)21-22-16-18-10-12-6-2-4-8-14(12)20-16/h1-10H. The summed E-state index contributed by atoms with van der Waals surface area (Å²) in [7, 11) is 0. The quantitative estimate of drug-likeness (QED) is 0.465. The summed E-state index contributed by atoms with van der Waals surface area (Å²) < 4.78 is 1.84. The molecule has 2 aromatic heterocycles. The summed E-state index contributed by atoms with van der Waals surface area (Å²) in [5.74, 6) is 0. The van der Waals surface area contributed by atoms with Gasteiger partial charge in [-0.2, -0.15) is 0 Å². The van der Waals surface area contributed by atoms with E-state index >= 15 is 0 Å². The fourth-order valence-electron chi connectivity index (χ4n) is 2.07. The van der Waals surface area contributed by atoms with Gasteiger partial charge >= 0.3 is 138 Å². The van der Waals surface area contributed by atoms with E-state index in [1.165, 1.54) is 0 Å². The van der Waals surface area contributed by atoms with Crippen molar-refractivity contribution in [2.24, 2.45) is 0 Å². The van der Waals surface area contributed by atoms with E-state index in [1.54, 1.807) is 0 Å². The van der Waals surface area contributed by atoms with Crippen molar-refractivity contribution in [3.05, 3.63) is 60.9 Å². The third kappa shape index (κ3) is 2.87. The van der Waals surface area contributed by atoms with Crippen molar-refractivity contribution >= 4 is 57.5 Å². The average molecular weight is 416 g/mol. The Hall–Kier alpha value is -1.84. The molecule has 0 radical (unpaired) electrons. The fraction of sp³-hybridized carbons (Fsp3) is 0. The molecule has 0 aliphatic rings. The third-order valence-corrected chi connectivity index (χ3v) is 8.91. The first kappa shape index (κ1) is 13.8. The average Bonchev–Trinajstić information content (AvgIpc) is 2.59. The van der Waals surface area contributed by atoms with E-state index in [2.05, 4.69) is 19.9 Å². The van der Waals surface area contributed by atoms with Crippen molar-refractivity contribution in [1.82, 2.24) is 19.9 Å². The monoisotopic (exact) mass is 418 g/mol. The van der Waals surface area contributed by atoms with Crippen LogP contribution in [0.2, 0.25) is 0 Å². The Kier molecular flexibility index (Phi) is 3.83. The summed E-state index contributed by atoms with van der Waals surface area (Å²) in [5, 5.41) is 2.16. The van der Waals surface area contributed by atoms with Crippen LogP contribution in [0.1, 0.15) is 0 Å². The van der Waals surface area contributed by atoms with Crippen LogP contribution in [0, 0.1) is 0 Å². The Labute approximate surface area is 138 Å². The summed E-state index contributed by atoms with van der Waals surface area (Å²) in [6.45, 7) is 0. The van der Waals surface area contributed by atoms with Crippen molar-refractivity contribution in [2.45, 2.75) is 0 Å². The normalized spacial score (nSPS) is 11.1. The topological polar surface area (TPSA) is 51.6 Å². The van der Waals surface area contributed by atoms with Crippen LogP contribution in [0.15, 0.2) is 60.9 Å². The van der Waals surface area contributed by atoms with Crippen LogP contribution in [0.5, 0.6) is 0 Å². The molecule has 0 saturated heterocycles. The zero-order valence-corrected chi connectivity index (χ0v) is 14.8. The van der Waals surface area contributed by atoms with E-state index in [4.69, 9.17) is 0 Å². The van der Waals surface area contributed by atoms with Crippen LogP contribution < -0.4 is 9.45 Å². The number of rotatable bonds is 3. The second-order valence-electron chi connectivity index (χ2n) is 4.59. The molecule has 0 amide bonds. The number of aromatic nitrogens is 4. The molecule has 2 heterocycles. The fourth-order valence-corrected chi connectivity index (χ4v) is 6.72. The number of para-hydroxylation sites is 2. The molecule has 0 saturated carbocycles. The Morgan fingerprint density at radius 1 is 0.591 bits per heavy atom. The van der Waals surface area contributed by atoms with Crippen molar-refractivity contribution in [3.8, 4) is 0 Å². The van der Waals surface area contributed by atoms with Gasteiger partial charge in [-0.15, -0.1) is 0 Å². The number of hydrogen-bond donors (Lipinski definition) is 0. The molecule has 0 atom stereocenters. The Balaban J connectivity index is 1.57. The van der Waals surface area contributed by atoms with E-state index in [-0.39, 0.29) is 26.3 Å². The molecule has 22 heavy (non-hydrogen) atoms. The zero-order valence-electron chi connectivity index (χ0n) is 11.4. The maximum absolute atomic E-state index is 4.63. The number of nitrogens with zero attached hydrogens (tertiary/aromatic N) is 4. The zero-order chi connectivity index (χ0) is 14.8. The van der Waals surface area contributed by atoms with Crippen LogP contribution in [0.4, 0.5) is 0 Å². The summed E-state index contributed by atoms with van der Waals surface area (Å²) in [4.78, 5) is 18.2. The van der Waals surface area contributed by atoms with E-state index in [0.717, 1.165) is 31.3 Å². The first-order valence-electron chi connectivity index (χ1n) is 6.67. The summed E-state index contributed by atoms with van der Waals surface area (Å²) in [6, 6.07) is 16.1. The van der Waals surface area contributed by atoms with E-state index in [1.807, 2.05) is 60.9 Å². The van der Waals surface area contributed by atoms with Gasteiger partial charge in [-0.3, -0.25) is 0 Å². The van der Waals surface area contributed by atoms with Gasteiger partial charge in [0.1, 0.15) is 0 Å². The van der Waals surface area contributed by atoms with Crippen molar-refractivity contribution in [1.29, 1.82) is 0 Å². The molecule has 4 aromatic rings. The maximum atomic E-state index is 4.63. The molecule has 0 aliphatic carbocycles. The molecule has 0 N–H and O–H groups in total. The van der Waals surface area contributed by atoms with Gasteiger partial charge in [0.2, 0.25) is 0 Å². The minimum atomic E-state index is 0.194.